The fourth-order valence-corrected chi connectivity index (χ4v) is 14.1. The molecule has 1 spiro atoms. The molecule has 1 saturated carbocycles. The number of halogens is 2. The number of hydrogen-bond donors (Lipinski definition) is 1. The summed E-state index contributed by atoms with van der Waals surface area (Å²) < 4.78 is 41.8. The first-order chi connectivity index (χ1) is 17.9. The molecule has 0 aromatic carbocycles. The lowest BCUT2D eigenvalue weighted by Gasteiger charge is -2.50. The number of fused-ring (bicyclic) bond motifs is 1. The van der Waals surface area contributed by atoms with E-state index < -0.39 is 45.0 Å². The van der Waals surface area contributed by atoms with Gasteiger partial charge < -0.3 is 4.74 Å². The van der Waals surface area contributed by atoms with E-state index in [1.54, 1.807) is 20.8 Å². The summed E-state index contributed by atoms with van der Waals surface area (Å²) in [5.74, 6) is -0.154. The number of amidine groups is 1. The first-order valence-corrected chi connectivity index (χ1v) is 19.1. The number of carbonyl (C=O) groups is 1. The van der Waals surface area contributed by atoms with Gasteiger partial charge in [0, 0.05) is 0 Å². The molecule has 0 saturated heterocycles. The summed E-state index contributed by atoms with van der Waals surface area (Å²) in [5.41, 5.74) is -1.85. The Balaban J connectivity index is 1.99. The first-order valence-electron chi connectivity index (χ1n) is 14.1. The number of aliphatic imine (C=N–C) groups is 1. The second-order valence-corrected chi connectivity index (χ2v) is 22.3. The Morgan fingerprint density at radius 2 is 1.79 bits per heavy atom. The van der Waals surface area contributed by atoms with Crippen LogP contribution >= 0.6 is 15.9 Å². The van der Waals surface area contributed by atoms with Crippen LogP contribution in [0.2, 0.25) is 18.1 Å². The summed E-state index contributed by atoms with van der Waals surface area (Å²) in [6.45, 7) is 17.7. The Bertz CT molecular complexity index is 1320. The molecule has 1 fully saturated rings. The molecular formula is C28H44BrFN4O3SSi. The van der Waals surface area contributed by atoms with Crippen LogP contribution in [0, 0.1) is 11.2 Å². The summed E-state index contributed by atoms with van der Waals surface area (Å²) in [4.78, 5) is 22.7. The van der Waals surface area contributed by atoms with E-state index in [0.717, 1.165) is 36.2 Å². The van der Waals surface area contributed by atoms with E-state index in [2.05, 4.69) is 42.0 Å². The number of pyridine rings is 1. The van der Waals surface area contributed by atoms with Crippen LogP contribution in [0.25, 0.3) is 0 Å². The molecule has 3 aliphatic rings. The van der Waals surface area contributed by atoms with Crippen LogP contribution in [0.4, 0.5) is 9.18 Å². The maximum Gasteiger partial charge on any atom is 0.413 e. The van der Waals surface area contributed by atoms with E-state index >= 15 is 8.60 Å². The van der Waals surface area contributed by atoms with Crippen LogP contribution in [-0.2, 0) is 20.0 Å². The Hall–Kier alpha value is -1.33. The summed E-state index contributed by atoms with van der Waals surface area (Å²) in [6, 6.07) is 4.56. The molecular weight excluding hydrogens is 599 g/mol. The lowest BCUT2D eigenvalue weighted by molar-refractivity contribution is 0.0560. The van der Waals surface area contributed by atoms with Crippen molar-refractivity contribution in [1.82, 2.24) is 10.3 Å². The Morgan fingerprint density at radius 3 is 2.31 bits per heavy atom. The van der Waals surface area contributed by atoms with Gasteiger partial charge in [0.2, 0.25) is 0 Å². The number of alkyl carbamates (subject to hydrolysis) is 1. The van der Waals surface area contributed by atoms with Gasteiger partial charge in [0.15, 0.2) is 0 Å². The van der Waals surface area contributed by atoms with Gasteiger partial charge in [-0.3, -0.25) is 10.3 Å². The number of rotatable bonds is 5. The molecule has 1 aromatic heterocycles. The minimum Gasteiger partial charge on any atom is -0.444 e. The molecule has 39 heavy (non-hydrogen) atoms. The number of hydrogen-bond acceptors (Lipinski definition) is 6. The van der Waals surface area contributed by atoms with Crippen LogP contribution < -0.4 is 10.5 Å². The van der Waals surface area contributed by atoms with Crippen LogP contribution in [0.15, 0.2) is 20.0 Å². The van der Waals surface area contributed by atoms with Crippen molar-refractivity contribution in [2.24, 2.45) is 14.8 Å². The number of nitrogens with zero attached hydrogens (tertiary/aromatic N) is 3. The molecule has 218 valence electrons. The van der Waals surface area contributed by atoms with Crippen LogP contribution in [-0.4, -0.2) is 51.3 Å². The molecule has 1 N–H and O–H groups in total. The van der Waals surface area contributed by atoms with Crippen LogP contribution in [0.5, 0.6) is 0 Å². The fourth-order valence-electron chi connectivity index (χ4n) is 6.36. The van der Waals surface area contributed by atoms with E-state index in [1.807, 2.05) is 26.8 Å². The van der Waals surface area contributed by atoms with Crippen molar-refractivity contribution in [3.05, 3.63) is 22.2 Å². The third kappa shape index (κ3) is 5.02. The summed E-state index contributed by atoms with van der Waals surface area (Å²) in [5, 5.41) is 2.98. The molecule has 0 radical (unpaired) electrons. The highest BCUT2D eigenvalue weighted by atomic mass is 79.9. The lowest BCUT2D eigenvalue weighted by Crippen LogP contribution is -2.63. The van der Waals surface area contributed by atoms with Gasteiger partial charge in [-0.05, 0) is 93.4 Å². The lowest BCUT2D eigenvalue weighted by atomic mass is 9.85. The molecule has 3 heterocycles. The second kappa shape index (κ2) is 9.89. The Kier molecular flexibility index (Phi) is 7.77. The zero-order chi connectivity index (χ0) is 29.2. The molecule has 7 nitrogen and oxygen atoms in total. The van der Waals surface area contributed by atoms with Crippen molar-refractivity contribution >= 4 is 50.8 Å². The zero-order valence-electron chi connectivity index (χ0n) is 24.8. The maximum absolute atomic E-state index is 16.9. The average Bonchev–Trinajstić information content (AvgIpc) is 3.60. The quantitative estimate of drug-likeness (QED) is 0.287. The third-order valence-corrected chi connectivity index (χ3v) is 19.0. The number of nitrogens with one attached hydrogen (secondary N) is 1. The molecule has 11 heteroatoms. The van der Waals surface area contributed by atoms with E-state index in [9.17, 15) is 4.79 Å². The monoisotopic (exact) mass is 642 g/mol. The van der Waals surface area contributed by atoms with Gasteiger partial charge in [0.25, 0.3) is 0 Å². The number of carbonyl (C=O) groups excluding carboxylic acids is 1. The van der Waals surface area contributed by atoms with E-state index in [4.69, 9.17) is 19.1 Å². The Morgan fingerprint density at radius 1 is 1.21 bits per heavy atom. The largest absolute Gasteiger partial charge is 0.444 e. The zero-order valence-corrected chi connectivity index (χ0v) is 28.2. The van der Waals surface area contributed by atoms with Gasteiger partial charge in [0.1, 0.15) is 37.8 Å². The molecule has 0 unspecified atom stereocenters. The maximum atomic E-state index is 16.9. The molecule has 4 rings (SSSR count). The molecule has 0 bridgehead atoms. The molecule has 1 amide bonds. The highest BCUT2D eigenvalue weighted by Crippen LogP contribution is 2.59. The average molecular weight is 644 g/mol. The predicted octanol–water partition coefficient (Wildman–Crippen LogP) is 6.65. The highest BCUT2D eigenvalue weighted by Gasteiger charge is 2.63. The third-order valence-electron chi connectivity index (χ3n) is 9.45. The topological polar surface area (TPSA) is 93.0 Å². The van der Waals surface area contributed by atoms with Gasteiger partial charge in [-0.25, -0.2) is 22.7 Å². The minimum atomic E-state index is -3.02. The first kappa shape index (κ1) is 30.6. The van der Waals surface area contributed by atoms with E-state index in [1.165, 1.54) is 0 Å². The normalized spacial score (nSPS) is 29.2. The molecule has 3 atom stereocenters. The van der Waals surface area contributed by atoms with Gasteiger partial charge in [-0.2, -0.15) is 0 Å². The smallest absolute Gasteiger partial charge is 0.413 e. The van der Waals surface area contributed by atoms with E-state index in [-0.39, 0.29) is 22.8 Å². The number of amides is 1. The van der Waals surface area contributed by atoms with Crippen molar-refractivity contribution in [2.45, 2.75) is 121 Å². The highest BCUT2D eigenvalue weighted by molar-refractivity contribution is 9.10. The second-order valence-electron chi connectivity index (χ2n) is 13.3. The van der Waals surface area contributed by atoms with Crippen LogP contribution in [0.3, 0.4) is 0 Å². The van der Waals surface area contributed by atoms with Crippen molar-refractivity contribution in [3.63, 3.8) is 0 Å². The standard InChI is InChI=1S/C28H44BrFN4O3SSi/c1-10-39(11-2,12-3)18-15-20(29)32-22(21(18)30)27(9)19-16-28(13-14-28)17-31-38(19,36)26(7,8)23(34-27)33-24(35)37-25(4,5)6/h15,19H,10-14,16-17H2,1-9H3,(H,33,34,35)/t19-,27+,38-/m1/s1. The number of ether oxygens (including phenoxy) is 1. The summed E-state index contributed by atoms with van der Waals surface area (Å²) in [7, 11) is -5.17. The SMILES string of the molecule is CC[Si](CC)(CC)c1cc(Br)nc([C@@]2(C)N=C(NC(=O)OC(C)(C)C)C(C)(C)[S@@]3(=O)=NCC4(CC4)C[C@H]23)c1F. The summed E-state index contributed by atoms with van der Waals surface area (Å²) in [6.07, 6.45) is 1.98. The van der Waals surface area contributed by atoms with Crippen LogP contribution in [0.1, 0.15) is 87.3 Å². The molecule has 2 aliphatic heterocycles. The van der Waals surface area contributed by atoms with Gasteiger partial charge >= 0.3 is 6.09 Å². The van der Waals surface area contributed by atoms with Gasteiger partial charge in [0.05, 0.1) is 29.6 Å². The number of aromatic nitrogens is 1. The Labute approximate surface area is 242 Å². The molecule has 1 aromatic rings. The van der Waals surface area contributed by atoms with Gasteiger partial charge in [-0.1, -0.05) is 38.9 Å². The predicted molar refractivity (Wildman–Crippen MR) is 162 cm³/mol. The van der Waals surface area contributed by atoms with Crippen molar-refractivity contribution < 1.29 is 18.1 Å². The van der Waals surface area contributed by atoms with Gasteiger partial charge in [-0.15, -0.1) is 0 Å². The molecule has 1 aliphatic carbocycles. The van der Waals surface area contributed by atoms with Crippen molar-refractivity contribution in [1.29, 1.82) is 0 Å². The minimum absolute atomic E-state index is 0.00534. The van der Waals surface area contributed by atoms with Crippen molar-refractivity contribution in [3.8, 4) is 0 Å². The van der Waals surface area contributed by atoms with Crippen molar-refractivity contribution in [2.75, 3.05) is 6.54 Å². The van der Waals surface area contributed by atoms with E-state index in [0.29, 0.717) is 17.6 Å². The fraction of sp³-hybridized carbons (Fsp3) is 0.750. The summed E-state index contributed by atoms with van der Waals surface area (Å²) >= 11 is 3.58.